The van der Waals surface area contributed by atoms with E-state index in [2.05, 4.69) is 0 Å². The average Bonchev–Trinajstić information content (AvgIpc) is 2.91. The molecule has 0 amide bonds. The lowest BCUT2D eigenvalue weighted by molar-refractivity contribution is -0.144. The number of carboxylic acids is 2. The van der Waals surface area contributed by atoms with Crippen LogP contribution in [0.25, 0.3) is 0 Å². The minimum Gasteiger partial charge on any atom is -0.480 e. The number of nitrogens with zero attached hydrogens (tertiary/aromatic N) is 2. The van der Waals surface area contributed by atoms with Gasteiger partial charge in [-0.3, -0.25) is 9.59 Å². The molecule has 0 aromatic carbocycles. The zero-order valence-corrected chi connectivity index (χ0v) is 16.5. The van der Waals surface area contributed by atoms with E-state index < -0.39 is 79.1 Å². The molecule has 8 N–H and O–H groups in total. The zero-order chi connectivity index (χ0) is 23.5. The molecule has 0 aromatic rings. The van der Waals surface area contributed by atoms with E-state index in [0.717, 1.165) is 0 Å². The third-order valence-corrected chi connectivity index (χ3v) is 6.59. The van der Waals surface area contributed by atoms with Gasteiger partial charge in [0.05, 0.1) is 0 Å². The molecule has 1 rings (SSSR count). The zero-order valence-electron chi connectivity index (χ0n) is 15.7. The summed E-state index contributed by atoms with van der Waals surface area (Å²) in [7, 11) is -6.66. The predicted molar refractivity (Wildman–Crippen MR) is 96.0 cm³/mol. The summed E-state index contributed by atoms with van der Waals surface area (Å²) in [6, 6.07) is -1.95. The molecule has 0 radical (unpaired) electrons. The lowest BCUT2D eigenvalue weighted by Crippen LogP contribution is -2.56. The van der Waals surface area contributed by atoms with Crippen molar-refractivity contribution >= 4 is 29.3 Å². The lowest BCUT2D eigenvalue weighted by Gasteiger charge is -2.29. The molecule has 0 saturated carbocycles. The van der Waals surface area contributed by atoms with Gasteiger partial charge in [-0.2, -0.15) is 30.2 Å². The van der Waals surface area contributed by atoms with Gasteiger partial charge in [-0.1, -0.05) is 6.42 Å². The van der Waals surface area contributed by atoms with Gasteiger partial charge in [0.25, 0.3) is 10.2 Å². The fourth-order valence-corrected chi connectivity index (χ4v) is 4.84. The summed E-state index contributed by atoms with van der Waals surface area (Å²) in [6.45, 7) is -4.63. The third-order valence-electron chi connectivity index (χ3n) is 4.73. The highest BCUT2D eigenvalue weighted by atomic mass is 32.2. The van der Waals surface area contributed by atoms with Crippen LogP contribution in [-0.4, -0.2) is 100 Å². The Morgan fingerprint density at radius 1 is 1.30 bits per heavy atom. The number of carbonyl (C=O) groups is 2. The number of alkyl halides is 3. The van der Waals surface area contributed by atoms with Gasteiger partial charge in [-0.25, -0.2) is 0 Å². The first kappa shape index (κ1) is 26.5. The maximum atomic E-state index is 12.9. The highest BCUT2D eigenvalue weighted by Crippen LogP contribution is 2.33. The van der Waals surface area contributed by atoms with E-state index in [-0.39, 0.29) is 23.5 Å². The van der Waals surface area contributed by atoms with Gasteiger partial charge in [0.2, 0.25) is 0 Å². The van der Waals surface area contributed by atoms with Crippen molar-refractivity contribution in [3.05, 3.63) is 0 Å². The smallest absolute Gasteiger partial charge is 0.451 e. The van der Waals surface area contributed by atoms with Crippen molar-refractivity contribution in [2.75, 3.05) is 26.2 Å². The summed E-state index contributed by atoms with van der Waals surface area (Å²) < 4.78 is 64.5. The largest absolute Gasteiger partial charge is 0.480 e. The molecular weight excluding hydrogens is 440 g/mol. The fourth-order valence-electron chi connectivity index (χ4n) is 3.11. The van der Waals surface area contributed by atoms with Crippen LogP contribution in [0.15, 0.2) is 0 Å². The monoisotopic (exact) mass is 464 g/mol. The van der Waals surface area contributed by atoms with E-state index in [1.165, 1.54) is 0 Å². The second-order valence-electron chi connectivity index (χ2n) is 7.11. The minimum absolute atomic E-state index is 0.0413. The molecule has 0 spiro atoms. The lowest BCUT2D eigenvalue weighted by atomic mass is 9.78. The molecule has 1 saturated heterocycles. The van der Waals surface area contributed by atoms with Crippen LogP contribution >= 0.6 is 0 Å². The van der Waals surface area contributed by atoms with Gasteiger partial charge in [-0.15, -0.1) is 0 Å². The number of aliphatic carboxylic acids is 2. The third kappa shape index (κ3) is 6.76. The first-order valence-electron chi connectivity index (χ1n) is 8.69. The summed E-state index contributed by atoms with van der Waals surface area (Å²) in [5.41, 5.74) is 8.90. The topological polar surface area (TPSA) is 208 Å². The highest BCUT2D eigenvalue weighted by molar-refractivity contribution is 7.86. The molecule has 1 fully saturated rings. The molecule has 30 heavy (non-hydrogen) atoms. The van der Waals surface area contributed by atoms with E-state index in [1.807, 2.05) is 0 Å². The summed E-state index contributed by atoms with van der Waals surface area (Å²) >= 11 is 0. The Balaban J connectivity index is 3.16. The number of carboxylic acid groups (broad SMARTS) is 2. The number of hydrogen-bond acceptors (Lipinski definition) is 8. The second-order valence-corrected chi connectivity index (χ2v) is 9.04. The Labute approximate surface area is 170 Å². The van der Waals surface area contributed by atoms with Crippen LogP contribution in [0.2, 0.25) is 6.32 Å². The van der Waals surface area contributed by atoms with Crippen molar-refractivity contribution in [1.29, 1.82) is 0 Å². The normalized spacial score (nSPS) is 24.2. The van der Waals surface area contributed by atoms with Crippen LogP contribution in [-0.2, 0) is 19.8 Å². The van der Waals surface area contributed by atoms with Crippen LogP contribution in [0.1, 0.15) is 12.8 Å². The molecule has 1 unspecified atom stereocenters. The molecule has 1 heterocycles. The molecule has 0 aliphatic carbocycles. The van der Waals surface area contributed by atoms with Crippen LogP contribution in [0.3, 0.4) is 0 Å². The second kappa shape index (κ2) is 9.76. The quantitative estimate of drug-likeness (QED) is 0.177. The standard InChI is InChI=1S/C13H24BF3N4O8S/c15-13(16,17)7-21(5-9(18)10(22)23)30(28,29)20-4-8(2-1-3-14(26)27)12(19,6-20)11(24)25/h8-9,26-27H,1-7,18-19H2,(H,22,23)(H,24,25)/t8-,9?,12-/m0/s1. The Bertz CT molecular complexity index is 740. The number of halogens is 3. The molecule has 1 aliphatic rings. The van der Waals surface area contributed by atoms with Gasteiger partial charge in [0.1, 0.15) is 18.1 Å². The molecule has 12 nitrogen and oxygen atoms in total. The Morgan fingerprint density at radius 3 is 2.30 bits per heavy atom. The van der Waals surface area contributed by atoms with Gasteiger partial charge < -0.3 is 31.7 Å². The van der Waals surface area contributed by atoms with Gasteiger partial charge in [-0.05, 0) is 12.7 Å². The maximum absolute atomic E-state index is 12.9. The molecule has 17 heteroatoms. The number of rotatable bonds is 11. The van der Waals surface area contributed by atoms with Crippen molar-refractivity contribution < 1.29 is 51.4 Å². The van der Waals surface area contributed by atoms with Crippen LogP contribution in [0, 0.1) is 5.92 Å². The van der Waals surface area contributed by atoms with Crippen LogP contribution in [0.5, 0.6) is 0 Å². The average molecular weight is 464 g/mol. The van der Waals surface area contributed by atoms with Gasteiger partial charge in [0.15, 0.2) is 0 Å². The van der Waals surface area contributed by atoms with Gasteiger partial charge in [0, 0.05) is 25.6 Å². The Morgan fingerprint density at radius 2 is 1.87 bits per heavy atom. The van der Waals surface area contributed by atoms with Crippen LogP contribution < -0.4 is 11.5 Å². The molecule has 0 bridgehead atoms. The van der Waals surface area contributed by atoms with Gasteiger partial charge >= 0.3 is 25.2 Å². The van der Waals surface area contributed by atoms with E-state index in [4.69, 9.17) is 26.6 Å². The highest BCUT2D eigenvalue weighted by Gasteiger charge is 2.54. The number of nitrogens with two attached hydrogens (primary N) is 2. The first-order valence-corrected chi connectivity index (χ1v) is 10.1. The fraction of sp³-hybridized carbons (Fsp3) is 0.846. The van der Waals surface area contributed by atoms with Crippen LogP contribution in [0.4, 0.5) is 13.2 Å². The Kier molecular flexibility index (Phi) is 8.63. The van der Waals surface area contributed by atoms with Crippen molar-refractivity contribution in [3.63, 3.8) is 0 Å². The summed E-state index contributed by atoms with van der Waals surface area (Å²) in [4.78, 5) is 22.5. The van der Waals surface area contributed by atoms with Crippen molar-refractivity contribution in [3.8, 4) is 0 Å². The van der Waals surface area contributed by atoms with E-state index in [9.17, 15) is 36.3 Å². The maximum Gasteiger partial charge on any atom is 0.451 e. The summed E-state index contributed by atoms with van der Waals surface area (Å²) in [5, 5.41) is 36.0. The van der Waals surface area contributed by atoms with Crippen molar-refractivity contribution in [1.82, 2.24) is 8.61 Å². The van der Waals surface area contributed by atoms with Crippen molar-refractivity contribution in [2.24, 2.45) is 17.4 Å². The van der Waals surface area contributed by atoms with Crippen molar-refractivity contribution in [2.45, 2.75) is 36.9 Å². The molecule has 1 aliphatic heterocycles. The minimum atomic E-state index is -5.02. The number of hydrogen-bond donors (Lipinski definition) is 6. The predicted octanol–water partition coefficient (Wildman–Crippen LogP) is -2.53. The first-order chi connectivity index (χ1) is 13.5. The van der Waals surface area contributed by atoms with E-state index in [1.54, 1.807) is 0 Å². The SMILES string of the molecule is NC(CN(CC(F)(F)F)S(=O)(=O)N1C[C@H](CCCB(O)O)[C@](N)(C(=O)O)C1)C(=O)O. The van der Waals surface area contributed by atoms with E-state index in [0.29, 0.717) is 4.31 Å². The molecule has 174 valence electrons. The molecule has 3 atom stereocenters. The molecular formula is C13H24BF3N4O8S. The summed E-state index contributed by atoms with van der Waals surface area (Å²) in [6.07, 6.45) is -5.14. The Hall–Kier alpha value is -1.50. The van der Waals surface area contributed by atoms with E-state index >= 15 is 0 Å². The molecule has 0 aromatic heterocycles. The summed E-state index contributed by atoms with van der Waals surface area (Å²) in [5.74, 6) is -4.35.